The van der Waals surface area contributed by atoms with E-state index >= 15 is 0 Å². The Morgan fingerprint density at radius 1 is 0.684 bits per heavy atom. The summed E-state index contributed by atoms with van der Waals surface area (Å²) in [6.45, 7) is 0.941. The van der Waals surface area contributed by atoms with Gasteiger partial charge < -0.3 is 20.1 Å². The first kappa shape index (κ1) is 26.6. The zero-order valence-electron chi connectivity index (χ0n) is 20.5. The molecule has 0 fully saturated rings. The second-order valence-corrected chi connectivity index (χ2v) is 8.50. The van der Waals surface area contributed by atoms with E-state index in [9.17, 15) is 18.0 Å². The maximum Gasteiger partial charge on any atom is 0.418 e. The molecule has 0 saturated carbocycles. The third-order valence-electron chi connectivity index (χ3n) is 5.66. The first-order chi connectivity index (χ1) is 18.4. The summed E-state index contributed by atoms with van der Waals surface area (Å²) in [6, 6.07) is 29.2. The zero-order valence-corrected chi connectivity index (χ0v) is 20.5. The number of nitrogens with one attached hydrogen (secondary N) is 2. The average Bonchev–Trinajstić information content (AvgIpc) is 2.92. The molecule has 2 amide bonds. The van der Waals surface area contributed by atoms with E-state index in [1.54, 1.807) is 0 Å². The molecule has 0 aliphatic heterocycles. The summed E-state index contributed by atoms with van der Waals surface area (Å²) in [5.41, 5.74) is 1.70. The number of hydrogen-bond donors (Lipinski definition) is 2. The number of alkyl halides is 3. The third-order valence-corrected chi connectivity index (χ3v) is 5.66. The average molecular weight is 521 g/mol. The highest BCUT2D eigenvalue weighted by Gasteiger charge is 2.33. The largest absolute Gasteiger partial charge is 0.485 e. The fourth-order valence-corrected chi connectivity index (χ4v) is 3.74. The van der Waals surface area contributed by atoms with Crippen LogP contribution in [0.25, 0.3) is 0 Å². The van der Waals surface area contributed by atoms with E-state index in [-0.39, 0.29) is 12.2 Å². The lowest BCUT2D eigenvalue weighted by atomic mass is 10.1. The van der Waals surface area contributed by atoms with Crippen LogP contribution in [0, 0.1) is 0 Å². The molecular formula is C30H27F3N2O3. The van der Waals surface area contributed by atoms with Crippen LogP contribution in [0.3, 0.4) is 0 Å². The van der Waals surface area contributed by atoms with Gasteiger partial charge in [-0.1, -0.05) is 78.9 Å². The van der Waals surface area contributed by atoms with Gasteiger partial charge in [0, 0.05) is 6.54 Å². The van der Waals surface area contributed by atoms with Gasteiger partial charge in [-0.2, -0.15) is 13.2 Å². The predicted octanol–water partition coefficient (Wildman–Crippen LogP) is 7.23. The maximum atomic E-state index is 13.2. The highest BCUT2D eigenvalue weighted by atomic mass is 19.4. The zero-order chi connectivity index (χ0) is 26.8. The van der Waals surface area contributed by atoms with E-state index in [0.717, 1.165) is 22.8 Å². The molecule has 0 aliphatic carbocycles. The van der Waals surface area contributed by atoms with Crippen molar-refractivity contribution in [3.05, 3.63) is 125 Å². The van der Waals surface area contributed by atoms with Gasteiger partial charge in [0.25, 0.3) is 0 Å². The maximum absolute atomic E-state index is 13.2. The van der Waals surface area contributed by atoms with Gasteiger partial charge >= 0.3 is 12.2 Å². The fraction of sp³-hybridized carbons (Fsp3) is 0.167. The quantitative estimate of drug-likeness (QED) is 0.232. The molecule has 0 atom stereocenters. The second-order valence-electron chi connectivity index (χ2n) is 8.50. The number of para-hydroxylation sites is 1. The van der Waals surface area contributed by atoms with E-state index in [1.807, 2.05) is 78.9 Å². The van der Waals surface area contributed by atoms with Gasteiger partial charge in [0.15, 0.2) is 11.5 Å². The van der Waals surface area contributed by atoms with Crippen LogP contribution in [0.15, 0.2) is 103 Å². The van der Waals surface area contributed by atoms with Crippen molar-refractivity contribution in [2.45, 2.75) is 25.8 Å². The molecule has 196 valence electrons. The summed E-state index contributed by atoms with van der Waals surface area (Å²) in [4.78, 5) is 12.2. The molecule has 0 aliphatic rings. The van der Waals surface area contributed by atoms with Gasteiger partial charge in [-0.05, 0) is 47.4 Å². The number of carbonyl (C=O) groups is 1. The van der Waals surface area contributed by atoms with Crippen LogP contribution >= 0.6 is 0 Å². The number of carbonyl (C=O) groups excluding carboxylic acids is 1. The van der Waals surface area contributed by atoms with E-state index in [0.29, 0.717) is 31.1 Å². The van der Waals surface area contributed by atoms with Crippen LogP contribution in [0.2, 0.25) is 0 Å². The lowest BCUT2D eigenvalue weighted by Gasteiger charge is -2.15. The number of urea groups is 1. The van der Waals surface area contributed by atoms with E-state index in [4.69, 9.17) is 9.47 Å². The second kappa shape index (κ2) is 12.7. The van der Waals surface area contributed by atoms with Crippen molar-refractivity contribution in [2.75, 3.05) is 11.9 Å². The molecule has 2 N–H and O–H groups in total. The fourth-order valence-electron chi connectivity index (χ4n) is 3.74. The lowest BCUT2D eigenvalue weighted by Crippen LogP contribution is -2.31. The smallest absolute Gasteiger partial charge is 0.418 e. The number of benzene rings is 4. The number of ether oxygens (including phenoxy) is 2. The van der Waals surface area contributed by atoms with Gasteiger partial charge in [-0.3, -0.25) is 0 Å². The molecular weight excluding hydrogens is 493 g/mol. The first-order valence-electron chi connectivity index (χ1n) is 12.1. The van der Waals surface area contributed by atoms with Crippen LogP contribution in [-0.4, -0.2) is 12.6 Å². The Morgan fingerprint density at radius 2 is 1.26 bits per heavy atom. The molecule has 4 aromatic carbocycles. The van der Waals surface area contributed by atoms with Crippen molar-refractivity contribution in [3.63, 3.8) is 0 Å². The van der Waals surface area contributed by atoms with Crippen LogP contribution < -0.4 is 20.1 Å². The van der Waals surface area contributed by atoms with Crippen molar-refractivity contribution in [1.82, 2.24) is 5.32 Å². The normalized spacial score (nSPS) is 11.0. The molecule has 0 bridgehead atoms. The molecule has 0 aromatic heterocycles. The summed E-state index contributed by atoms with van der Waals surface area (Å²) in [5, 5.41) is 4.89. The molecule has 0 radical (unpaired) electrons. The number of anilines is 1. The molecule has 0 heterocycles. The number of halogens is 3. The first-order valence-corrected chi connectivity index (χ1v) is 12.1. The third kappa shape index (κ3) is 7.77. The lowest BCUT2D eigenvalue weighted by molar-refractivity contribution is -0.136. The Kier molecular flexibility index (Phi) is 8.87. The summed E-state index contributed by atoms with van der Waals surface area (Å²) in [6.07, 6.45) is -4.13. The molecule has 4 aromatic rings. The molecule has 8 heteroatoms. The van der Waals surface area contributed by atoms with Crippen molar-refractivity contribution in [3.8, 4) is 11.5 Å². The van der Waals surface area contributed by atoms with Crippen molar-refractivity contribution >= 4 is 11.7 Å². The molecule has 38 heavy (non-hydrogen) atoms. The van der Waals surface area contributed by atoms with E-state index in [1.165, 1.54) is 18.2 Å². The summed E-state index contributed by atoms with van der Waals surface area (Å²) in [7, 11) is 0. The van der Waals surface area contributed by atoms with Gasteiger partial charge in [-0.25, -0.2) is 4.79 Å². The summed E-state index contributed by atoms with van der Waals surface area (Å²) >= 11 is 0. The van der Waals surface area contributed by atoms with Crippen LogP contribution in [-0.2, 0) is 25.8 Å². The number of amides is 2. The monoisotopic (exact) mass is 520 g/mol. The minimum atomic E-state index is -4.57. The van der Waals surface area contributed by atoms with Gasteiger partial charge in [0.1, 0.15) is 13.2 Å². The van der Waals surface area contributed by atoms with E-state index in [2.05, 4.69) is 10.6 Å². The molecule has 0 unspecified atom stereocenters. The molecule has 4 rings (SSSR count). The van der Waals surface area contributed by atoms with Crippen molar-refractivity contribution < 1.29 is 27.4 Å². The van der Waals surface area contributed by atoms with E-state index < -0.39 is 17.8 Å². The van der Waals surface area contributed by atoms with Gasteiger partial charge in [0.2, 0.25) is 0 Å². The Hall–Kier alpha value is -4.46. The van der Waals surface area contributed by atoms with Gasteiger partial charge in [-0.15, -0.1) is 0 Å². The highest BCUT2D eigenvalue weighted by Crippen LogP contribution is 2.34. The Balaban J connectivity index is 1.38. The topological polar surface area (TPSA) is 59.6 Å². The van der Waals surface area contributed by atoms with Crippen LogP contribution in [0.4, 0.5) is 23.7 Å². The molecule has 5 nitrogen and oxygen atoms in total. The Labute approximate surface area is 219 Å². The minimum Gasteiger partial charge on any atom is -0.485 e. The Morgan fingerprint density at radius 3 is 1.89 bits per heavy atom. The molecule has 0 saturated heterocycles. The van der Waals surface area contributed by atoms with Gasteiger partial charge in [0.05, 0.1) is 11.3 Å². The molecule has 0 spiro atoms. The number of rotatable bonds is 10. The van der Waals surface area contributed by atoms with Crippen LogP contribution in [0.5, 0.6) is 11.5 Å². The van der Waals surface area contributed by atoms with Crippen molar-refractivity contribution in [1.29, 1.82) is 0 Å². The predicted molar refractivity (Wildman–Crippen MR) is 140 cm³/mol. The van der Waals surface area contributed by atoms with Crippen molar-refractivity contribution in [2.24, 2.45) is 0 Å². The Bertz CT molecular complexity index is 1330. The standard InChI is InChI=1S/C30H27F3N2O3/c31-30(32,33)25-13-7-8-14-26(25)35-29(36)34-18-17-22-15-16-27(37-20-23-9-3-1-4-10-23)28(19-22)38-21-24-11-5-2-6-12-24/h1-16,19H,17-18,20-21H2,(H2,34,35,36). The highest BCUT2D eigenvalue weighted by molar-refractivity contribution is 5.90. The van der Waals surface area contributed by atoms with Crippen LogP contribution in [0.1, 0.15) is 22.3 Å². The summed E-state index contributed by atoms with van der Waals surface area (Å²) < 4.78 is 51.6. The summed E-state index contributed by atoms with van der Waals surface area (Å²) in [5.74, 6) is 1.15. The SMILES string of the molecule is O=C(NCCc1ccc(OCc2ccccc2)c(OCc2ccccc2)c1)Nc1ccccc1C(F)(F)F. The minimum absolute atomic E-state index is 0.211. The number of hydrogen-bond acceptors (Lipinski definition) is 3.